The fraction of sp³-hybridized carbons (Fsp3) is 0.0769. The molecule has 6 heteroatoms. The molecule has 2 aromatic carbocycles. The highest BCUT2D eigenvalue weighted by molar-refractivity contribution is 7.84. The lowest BCUT2D eigenvalue weighted by Gasteiger charge is -2.05. The lowest BCUT2D eigenvalue weighted by atomic mass is 10.2. The molecule has 1 unspecified atom stereocenters. The molecule has 0 amide bonds. The van der Waals surface area contributed by atoms with Crippen LogP contribution >= 0.6 is 0 Å². The zero-order valence-corrected chi connectivity index (χ0v) is 10.5. The van der Waals surface area contributed by atoms with Crippen molar-refractivity contribution < 1.29 is 17.4 Å². The largest absolute Gasteiger partial charge is 0.396 e. The Balaban J connectivity index is 2.23. The van der Waals surface area contributed by atoms with Crippen molar-refractivity contribution in [3.05, 3.63) is 59.4 Å². The van der Waals surface area contributed by atoms with E-state index in [0.717, 1.165) is 18.2 Å². The van der Waals surface area contributed by atoms with Crippen molar-refractivity contribution in [2.45, 2.75) is 10.6 Å². The summed E-state index contributed by atoms with van der Waals surface area (Å²) in [6, 6.07) is 6.78. The van der Waals surface area contributed by atoms with Gasteiger partial charge in [-0.2, -0.15) is 0 Å². The van der Waals surface area contributed by atoms with E-state index < -0.39 is 28.3 Å². The first-order chi connectivity index (χ1) is 8.97. The molecule has 0 aliphatic carbocycles. The van der Waals surface area contributed by atoms with E-state index in [1.54, 1.807) is 0 Å². The van der Waals surface area contributed by atoms with Crippen LogP contribution in [0.4, 0.5) is 18.9 Å². The summed E-state index contributed by atoms with van der Waals surface area (Å²) in [6.07, 6.45) is 0. The molecule has 0 spiro atoms. The lowest BCUT2D eigenvalue weighted by Crippen LogP contribution is -2.01. The van der Waals surface area contributed by atoms with E-state index in [0.29, 0.717) is 0 Å². The minimum absolute atomic E-state index is 0.0475. The molecular weight excluding hydrogens is 275 g/mol. The van der Waals surface area contributed by atoms with Crippen molar-refractivity contribution in [3.8, 4) is 0 Å². The minimum atomic E-state index is -1.63. The van der Waals surface area contributed by atoms with Crippen molar-refractivity contribution in [2.24, 2.45) is 0 Å². The summed E-state index contributed by atoms with van der Waals surface area (Å²) in [5, 5.41) is 0. The number of halogens is 3. The molecule has 2 rings (SSSR count). The van der Waals surface area contributed by atoms with Gasteiger partial charge in [-0.05, 0) is 24.3 Å². The van der Waals surface area contributed by atoms with Gasteiger partial charge in [0.25, 0.3) is 0 Å². The smallest absolute Gasteiger partial charge is 0.147 e. The van der Waals surface area contributed by atoms with E-state index >= 15 is 0 Å². The lowest BCUT2D eigenvalue weighted by molar-refractivity contribution is 0.575. The van der Waals surface area contributed by atoms with Crippen molar-refractivity contribution >= 4 is 16.5 Å². The van der Waals surface area contributed by atoms with E-state index in [2.05, 4.69) is 0 Å². The van der Waals surface area contributed by atoms with Gasteiger partial charge in [-0.25, -0.2) is 13.2 Å². The van der Waals surface area contributed by atoms with Gasteiger partial charge in [0.1, 0.15) is 17.5 Å². The van der Waals surface area contributed by atoms with Gasteiger partial charge in [0.2, 0.25) is 0 Å². The molecule has 0 saturated heterocycles. The number of hydrogen-bond acceptors (Lipinski definition) is 2. The summed E-state index contributed by atoms with van der Waals surface area (Å²) in [5.41, 5.74) is 5.37. The van der Waals surface area contributed by atoms with Crippen LogP contribution in [0.15, 0.2) is 41.3 Å². The van der Waals surface area contributed by atoms with Crippen LogP contribution in [0.5, 0.6) is 0 Å². The monoisotopic (exact) mass is 285 g/mol. The first-order valence-corrected chi connectivity index (χ1v) is 6.66. The standard InChI is InChI=1S/C13H10F3NOS/c14-9-2-1-8(11(15)5-9)7-19(18)10-3-4-13(17)12(16)6-10/h1-6H,7,17H2. The Hall–Kier alpha value is -1.82. The average molecular weight is 285 g/mol. The van der Waals surface area contributed by atoms with Crippen LogP contribution in [-0.2, 0) is 16.6 Å². The second-order valence-electron chi connectivity index (χ2n) is 3.91. The Morgan fingerprint density at radius 2 is 1.74 bits per heavy atom. The summed E-state index contributed by atoms with van der Waals surface area (Å²) in [5.74, 6) is -2.31. The molecule has 2 nitrogen and oxygen atoms in total. The van der Waals surface area contributed by atoms with Gasteiger partial charge >= 0.3 is 0 Å². The first kappa shape index (κ1) is 13.6. The number of hydrogen-bond donors (Lipinski definition) is 1. The van der Waals surface area contributed by atoms with E-state index in [1.807, 2.05) is 0 Å². The molecule has 0 saturated carbocycles. The molecule has 19 heavy (non-hydrogen) atoms. The number of nitrogens with two attached hydrogens (primary N) is 1. The molecular formula is C13H10F3NOS. The second kappa shape index (κ2) is 5.44. The molecule has 0 aliphatic heterocycles. The second-order valence-corrected chi connectivity index (χ2v) is 5.36. The Labute approximate surface area is 110 Å². The third-order valence-corrected chi connectivity index (χ3v) is 3.89. The third-order valence-electron chi connectivity index (χ3n) is 2.54. The number of nitrogen functional groups attached to an aromatic ring is 1. The quantitative estimate of drug-likeness (QED) is 0.881. The van der Waals surface area contributed by atoms with Crippen LogP contribution < -0.4 is 5.73 Å². The molecule has 0 aromatic heterocycles. The molecule has 2 aromatic rings. The predicted molar refractivity (Wildman–Crippen MR) is 67.3 cm³/mol. The molecule has 0 aliphatic rings. The first-order valence-electron chi connectivity index (χ1n) is 5.34. The summed E-state index contributed by atoms with van der Waals surface area (Å²) in [6.45, 7) is 0. The van der Waals surface area contributed by atoms with Crippen LogP contribution in [0, 0.1) is 17.5 Å². The van der Waals surface area contributed by atoms with Crippen LogP contribution in [0.25, 0.3) is 0 Å². The Morgan fingerprint density at radius 3 is 2.37 bits per heavy atom. The number of rotatable bonds is 3. The average Bonchev–Trinajstić information content (AvgIpc) is 2.36. The molecule has 2 N–H and O–H groups in total. The van der Waals surface area contributed by atoms with E-state index in [4.69, 9.17) is 5.73 Å². The van der Waals surface area contributed by atoms with E-state index in [-0.39, 0.29) is 21.9 Å². The van der Waals surface area contributed by atoms with Crippen LogP contribution in [0.3, 0.4) is 0 Å². The fourth-order valence-electron chi connectivity index (χ4n) is 1.51. The predicted octanol–water partition coefficient (Wildman–Crippen LogP) is 2.99. The maximum Gasteiger partial charge on any atom is 0.147 e. The van der Waals surface area contributed by atoms with Crippen LogP contribution in [-0.4, -0.2) is 4.21 Å². The van der Waals surface area contributed by atoms with Gasteiger partial charge < -0.3 is 5.73 Å². The van der Waals surface area contributed by atoms with Gasteiger partial charge in [-0.15, -0.1) is 0 Å². The van der Waals surface area contributed by atoms with Gasteiger partial charge in [0, 0.05) is 16.5 Å². The highest BCUT2D eigenvalue weighted by Crippen LogP contribution is 2.19. The van der Waals surface area contributed by atoms with Crippen molar-refractivity contribution in [2.75, 3.05) is 5.73 Å². The Morgan fingerprint density at radius 1 is 1.00 bits per heavy atom. The topological polar surface area (TPSA) is 43.1 Å². The van der Waals surface area contributed by atoms with Crippen molar-refractivity contribution in [3.63, 3.8) is 0 Å². The molecule has 0 heterocycles. The van der Waals surface area contributed by atoms with Crippen molar-refractivity contribution in [1.82, 2.24) is 0 Å². The summed E-state index contributed by atoms with van der Waals surface area (Å²) in [4.78, 5) is 0.204. The number of benzene rings is 2. The molecule has 0 bridgehead atoms. The molecule has 0 radical (unpaired) electrons. The van der Waals surface area contributed by atoms with Gasteiger partial charge in [0.15, 0.2) is 0 Å². The highest BCUT2D eigenvalue weighted by Gasteiger charge is 2.11. The number of anilines is 1. The summed E-state index contributed by atoms with van der Waals surface area (Å²) in [7, 11) is -1.63. The highest BCUT2D eigenvalue weighted by atomic mass is 32.2. The third kappa shape index (κ3) is 3.14. The molecule has 100 valence electrons. The fourth-order valence-corrected chi connectivity index (χ4v) is 2.65. The maximum atomic E-state index is 13.4. The van der Waals surface area contributed by atoms with Crippen molar-refractivity contribution in [1.29, 1.82) is 0 Å². The zero-order valence-electron chi connectivity index (χ0n) is 9.70. The summed E-state index contributed by atoms with van der Waals surface area (Å²) >= 11 is 0. The van der Waals surface area contributed by atoms with Gasteiger partial charge in [-0.3, -0.25) is 4.21 Å². The SMILES string of the molecule is Nc1ccc(S(=O)Cc2ccc(F)cc2F)cc1F. The van der Waals surface area contributed by atoms with E-state index in [1.165, 1.54) is 18.2 Å². The normalized spacial score (nSPS) is 12.4. The minimum Gasteiger partial charge on any atom is -0.396 e. The molecule has 0 fully saturated rings. The van der Waals surface area contributed by atoms with Crippen LogP contribution in [0.1, 0.15) is 5.56 Å². The Bertz CT molecular complexity index is 646. The van der Waals surface area contributed by atoms with Gasteiger partial charge in [0.05, 0.1) is 22.2 Å². The maximum absolute atomic E-state index is 13.4. The summed E-state index contributed by atoms with van der Waals surface area (Å²) < 4.78 is 51.3. The van der Waals surface area contributed by atoms with Gasteiger partial charge in [-0.1, -0.05) is 6.07 Å². The molecule has 1 atom stereocenters. The zero-order chi connectivity index (χ0) is 14.0. The Kier molecular flexibility index (Phi) is 3.90. The van der Waals surface area contributed by atoms with Crippen LogP contribution in [0.2, 0.25) is 0 Å². The van der Waals surface area contributed by atoms with E-state index in [9.17, 15) is 17.4 Å².